The van der Waals surface area contributed by atoms with E-state index in [-0.39, 0.29) is 12.1 Å². The van der Waals surface area contributed by atoms with Gasteiger partial charge in [0.2, 0.25) is 0 Å². The van der Waals surface area contributed by atoms with Crippen molar-refractivity contribution in [2.75, 3.05) is 5.75 Å². The summed E-state index contributed by atoms with van der Waals surface area (Å²) in [4.78, 5) is 13.7. The lowest BCUT2D eigenvalue weighted by Gasteiger charge is -2.41. The van der Waals surface area contributed by atoms with Gasteiger partial charge in [0.25, 0.3) is 0 Å². The molecule has 0 spiro atoms. The van der Waals surface area contributed by atoms with Crippen LogP contribution in [0.4, 0.5) is 0 Å². The van der Waals surface area contributed by atoms with Crippen molar-refractivity contribution in [2.45, 2.75) is 71.2 Å². The molecule has 1 fully saturated rings. The number of carbonyl (C=O) groups is 1. The summed E-state index contributed by atoms with van der Waals surface area (Å²) in [5.74, 6) is 1.54. The van der Waals surface area contributed by atoms with Crippen molar-refractivity contribution in [3.8, 4) is 0 Å². The van der Waals surface area contributed by atoms with Gasteiger partial charge in [-0.05, 0) is 50.0 Å². The first kappa shape index (κ1) is 21.3. The van der Waals surface area contributed by atoms with E-state index in [2.05, 4.69) is 27.7 Å². The Kier molecular flexibility index (Phi) is 6.48. The Balaban J connectivity index is 1.97. The fourth-order valence-electron chi connectivity index (χ4n) is 4.75. The molecule has 0 amide bonds. The zero-order valence-electron chi connectivity index (χ0n) is 17.9. The lowest BCUT2D eigenvalue weighted by Crippen LogP contribution is -2.48. The van der Waals surface area contributed by atoms with Gasteiger partial charge < -0.3 is 4.74 Å². The topological polar surface area (TPSA) is 43.4 Å². The molecule has 2 aliphatic rings. The summed E-state index contributed by atoms with van der Waals surface area (Å²) in [7, 11) is -1.34. The minimum atomic E-state index is -1.34. The number of benzene rings is 1. The number of rotatable bonds is 4. The van der Waals surface area contributed by atoms with Crippen LogP contribution in [-0.2, 0) is 25.1 Å². The van der Waals surface area contributed by atoms with Crippen LogP contribution >= 0.6 is 0 Å². The molecule has 4 heteroatoms. The van der Waals surface area contributed by atoms with Crippen LogP contribution in [0.1, 0.15) is 65.9 Å². The minimum Gasteiger partial charge on any atom is -0.461 e. The Bertz CT molecular complexity index is 767. The first-order valence-corrected chi connectivity index (χ1v) is 11.9. The number of ether oxygens (including phenoxy) is 1. The standard InChI is InChI=1S/C24H34O3S/c1-16(2)21-12-11-17(3)13-22(21)27-23(25)24(20-9-7-6-8-10-20)14-18(4)19(5)15-28(24)26/h6-10,16-17,21-22H,11-15H2,1-5H3/t17-,21-,22+,24+,28-/m0/s1. The van der Waals surface area contributed by atoms with Gasteiger partial charge in [-0.15, -0.1) is 0 Å². The zero-order valence-corrected chi connectivity index (χ0v) is 18.7. The molecule has 0 bridgehead atoms. The normalized spacial score (nSPS) is 33.8. The molecule has 0 N–H and O–H groups in total. The van der Waals surface area contributed by atoms with Gasteiger partial charge in [0.05, 0.1) is 0 Å². The number of hydrogen-bond acceptors (Lipinski definition) is 3. The lowest BCUT2D eigenvalue weighted by molar-refractivity contribution is -0.159. The maximum atomic E-state index is 13.7. The van der Waals surface area contributed by atoms with Gasteiger partial charge in [-0.3, -0.25) is 9.00 Å². The van der Waals surface area contributed by atoms with E-state index in [1.807, 2.05) is 37.3 Å². The van der Waals surface area contributed by atoms with Gasteiger partial charge in [-0.1, -0.05) is 68.7 Å². The summed E-state index contributed by atoms with van der Waals surface area (Å²) < 4.78 is 18.6. The van der Waals surface area contributed by atoms with Crippen molar-refractivity contribution in [1.82, 2.24) is 0 Å². The highest BCUT2D eigenvalue weighted by molar-refractivity contribution is 7.87. The van der Waals surface area contributed by atoms with Crippen LogP contribution in [0.5, 0.6) is 0 Å². The van der Waals surface area contributed by atoms with Gasteiger partial charge in [0.1, 0.15) is 6.10 Å². The van der Waals surface area contributed by atoms with Crippen LogP contribution in [0.15, 0.2) is 41.5 Å². The SMILES string of the molecule is CC1=C(C)C[C@](C(=O)O[C@@H]2C[C@@H](C)CC[C@H]2C(C)C)(c2ccccc2)[S@@](=O)C1. The first-order valence-electron chi connectivity index (χ1n) is 10.6. The van der Waals surface area contributed by atoms with Crippen LogP contribution in [0.25, 0.3) is 0 Å². The van der Waals surface area contributed by atoms with E-state index in [4.69, 9.17) is 4.74 Å². The minimum absolute atomic E-state index is 0.0823. The zero-order chi connectivity index (χ0) is 20.5. The van der Waals surface area contributed by atoms with Gasteiger partial charge >= 0.3 is 5.97 Å². The molecular formula is C24H34O3S. The second kappa shape index (κ2) is 8.52. The van der Waals surface area contributed by atoms with Crippen molar-refractivity contribution in [1.29, 1.82) is 0 Å². The third-order valence-corrected chi connectivity index (χ3v) is 8.79. The highest BCUT2D eigenvalue weighted by Crippen LogP contribution is 2.43. The average molecular weight is 403 g/mol. The molecule has 1 aliphatic heterocycles. The number of allylic oxidation sites excluding steroid dienone is 1. The molecule has 1 aromatic rings. The Hall–Kier alpha value is -1.42. The van der Waals surface area contributed by atoms with Crippen molar-refractivity contribution in [3.05, 3.63) is 47.0 Å². The molecule has 0 saturated heterocycles. The van der Waals surface area contributed by atoms with Crippen molar-refractivity contribution < 1.29 is 13.7 Å². The molecule has 0 unspecified atom stereocenters. The molecule has 0 aromatic heterocycles. The summed E-state index contributed by atoms with van der Waals surface area (Å²) in [6.07, 6.45) is 3.58. The van der Waals surface area contributed by atoms with E-state index in [1.165, 1.54) is 6.42 Å². The summed E-state index contributed by atoms with van der Waals surface area (Å²) in [6, 6.07) is 9.62. The third-order valence-electron chi connectivity index (χ3n) is 6.77. The van der Waals surface area contributed by atoms with E-state index >= 15 is 0 Å². The fraction of sp³-hybridized carbons (Fsp3) is 0.625. The number of carbonyl (C=O) groups excluding carboxylic acids is 1. The number of hydrogen-bond donors (Lipinski definition) is 0. The fourth-order valence-corrected chi connectivity index (χ4v) is 6.65. The van der Waals surface area contributed by atoms with Crippen LogP contribution in [0.2, 0.25) is 0 Å². The van der Waals surface area contributed by atoms with Gasteiger partial charge in [-0.25, -0.2) is 0 Å². The first-order chi connectivity index (χ1) is 13.3. The van der Waals surface area contributed by atoms with Crippen molar-refractivity contribution in [2.24, 2.45) is 17.8 Å². The van der Waals surface area contributed by atoms with Crippen LogP contribution in [-0.4, -0.2) is 22.0 Å². The van der Waals surface area contributed by atoms with Crippen LogP contribution < -0.4 is 0 Å². The maximum absolute atomic E-state index is 13.7. The van der Waals surface area contributed by atoms with Crippen molar-refractivity contribution in [3.63, 3.8) is 0 Å². The third kappa shape index (κ3) is 3.98. The highest BCUT2D eigenvalue weighted by atomic mass is 32.2. The molecule has 1 aliphatic carbocycles. The summed E-state index contributed by atoms with van der Waals surface area (Å²) in [5, 5.41) is 0. The largest absolute Gasteiger partial charge is 0.461 e. The summed E-state index contributed by atoms with van der Waals surface area (Å²) in [6.45, 7) is 10.7. The Morgan fingerprint density at radius 3 is 2.46 bits per heavy atom. The monoisotopic (exact) mass is 402 g/mol. The molecule has 1 saturated carbocycles. The van der Waals surface area contributed by atoms with Crippen LogP contribution in [0, 0.1) is 17.8 Å². The summed E-state index contributed by atoms with van der Waals surface area (Å²) in [5.41, 5.74) is 3.09. The van der Waals surface area contributed by atoms with E-state index in [0.29, 0.717) is 29.9 Å². The van der Waals surface area contributed by atoms with E-state index < -0.39 is 15.5 Å². The predicted molar refractivity (Wildman–Crippen MR) is 115 cm³/mol. The molecule has 0 radical (unpaired) electrons. The maximum Gasteiger partial charge on any atom is 0.330 e. The molecule has 1 aromatic carbocycles. The molecule has 3 rings (SSSR count). The van der Waals surface area contributed by atoms with E-state index in [9.17, 15) is 9.00 Å². The Labute approximate surface area is 172 Å². The Morgan fingerprint density at radius 2 is 1.82 bits per heavy atom. The molecule has 3 nitrogen and oxygen atoms in total. The predicted octanol–water partition coefficient (Wildman–Crippen LogP) is 5.37. The average Bonchev–Trinajstić information content (AvgIpc) is 2.65. The molecule has 28 heavy (non-hydrogen) atoms. The van der Waals surface area contributed by atoms with Crippen molar-refractivity contribution >= 4 is 16.8 Å². The smallest absolute Gasteiger partial charge is 0.330 e. The molecule has 5 atom stereocenters. The summed E-state index contributed by atoms with van der Waals surface area (Å²) >= 11 is 0. The Morgan fingerprint density at radius 1 is 1.14 bits per heavy atom. The molecular weight excluding hydrogens is 368 g/mol. The molecule has 1 heterocycles. The quantitative estimate of drug-likeness (QED) is 0.502. The van der Waals surface area contributed by atoms with Gasteiger partial charge in [-0.2, -0.15) is 0 Å². The second-order valence-corrected chi connectivity index (χ2v) is 10.9. The lowest BCUT2D eigenvalue weighted by atomic mass is 9.75. The second-order valence-electron chi connectivity index (χ2n) is 9.19. The van der Waals surface area contributed by atoms with E-state index in [1.54, 1.807) is 0 Å². The van der Waals surface area contributed by atoms with Crippen LogP contribution in [0.3, 0.4) is 0 Å². The number of esters is 1. The van der Waals surface area contributed by atoms with E-state index in [0.717, 1.165) is 29.6 Å². The van der Waals surface area contributed by atoms with Gasteiger partial charge in [0.15, 0.2) is 4.75 Å². The highest BCUT2D eigenvalue weighted by Gasteiger charge is 2.51. The molecule has 154 valence electrons. The van der Waals surface area contributed by atoms with Gasteiger partial charge in [0, 0.05) is 23.0 Å².